The van der Waals surface area contributed by atoms with Gasteiger partial charge in [-0.2, -0.15) is 0 Å². The molecule has 3 aromatic rings. The second-order valence-corrected chi connectivity index (χ2v) is 6.81. The van der Waals surface area contributed by atoms with Gasteiger partial charge in [-0.05, 0) is 43.5 Å². The van der Waals surface area contributed by atoms with Crippen molar-refractivity contribution in [3.05, 3.63) is 69.7 Å². The van der Waals surface area contributed by atoms with Gasteiger partial charge in [0, 0.05) is 37.1 Å². The van der Waals surface area contributed by atoms with Gasteiger partial charge in [0.25, 0.3) is 5.91 Å². The third-order valence-corrected chi connectivity index (χ3v) is 4.88. The molecule has 6 nitrogen and oxygen atoms in total. The van der Waals surface area contributed by atoms with Crippen LogP contribution in [0.5, 0.6) is 0 Å². The van der Waals surface area contributed by atoms with Crippen molar-refractivity contribution in [2.45, 2.75) is 40.4 Å². The van der Waals surface area contributed by atoms with Crippen LogP contribution in [0, 0.1) is 20.8 Å². The van der Waals surface area contributed by atoms with Crippen molar-refractivity contribution in [1.29, 1.82) is 0 Å². The van der Waals surface area contributed by atoms with Crippen LogP contribution in [0.1, 0.15) is 44.2 Å². The van der Waals surface area contributed by atoms with Gasteiger partial charge in [-0.3, -0.25) is 9.36 Å². The van der Waals surface area contributed by atoms with Crippen molar-refractivity contribution in [3.63, 3.8) is 0 Å². The number of amides is 1. The zero-order valence-corrected chi connectivity index (χ0v) is 16.4. The second kappa shape index (κ2) is 7.58. The molecule has 27 heavy (non-hydrogen) atoms. The van der Waals surface area contributed by atoms with E-state index in [1.807, 2.05) is 37.5 Å². The number of benzene rings is 1. The number of carbonyl (C=O) groups is 1. The van der Waals surface area contributed by atoms with Crippen LogP contribution in [0.3, 0.4) is 0 Å². The molecule has 0 unspecified atom stereocenters. The molecular weight excluding hydrogens is 364 g/mol. The molecule has 142 valence electrons. The van der Waals surface area contributed by atoms with Crippen molar-refractivity contribution >= 4 is 18.3 Å². The SMILES string of the molecule is Cc1cc(-n2c(C)cc(C(=O)NCc3ccc4c(c3)CNC4)c2C)no1.Cl. The Morgan fingerprint density at radius 2 is 1.96 bits per heavy atom. The fourth-order valence-corrected chi connectivity index (χ4v) is 3.54. The minimum atomic E-state index is -0.0804. The largest absolute Gasteiger partial charge is 0.360 e. The fourth-order valence-electron chi connectivity index (χ4n) is 3.54. The summed E-state index contributed by atoms with van der Waals surface area (Å²) in [5, 5.41) is 10.4. The molecule has 3 heterocycles. The predicted molar refractivity (Wildman–Crippen MR) is 105 cm³/mol. The van der Waals surface area contributed by atoms with Gasteiger partial charge in [0.1, 0.15) is 5.76 Å². The Morgan fingerprint density at radius 1 is 1.19 bits per heavy atom. The van der Waals surface area contributed by atoms with Crippen LogP contribution in [0.2, 0.25) is 0 Å². The standard InChI is InChI=1S/C20H22N4O2.ClH/c1-12-6-18(14(3)24(12)19-7-13(2)26-23-19)20(25)22-9-15-4-5-16-10-21-11-17(16)8-15;/h4-8,21H,9-11H2,1-3H3,(H,22,25);1H. The van der Waals surface area contributed by atoms with Crippen molar-refractivity contribution in [3.8, 4) is 5.82 Å². The molecule has 1 aliphatic rings. The maximum Gasteiger partial charge on any atom is 0.253 e. The molecule has 1 aliphatic heterocycles. The highest BCUT2D eigenvalue weighted by Crippen LogP contribution is 2.21. The van der Waals surface area contributed by atoms with Crippen molar-refractivity contribution < 1.29 is 9.32 Å². The Balaban J connectivity index is 0.00000210. The molecule has 0 aliphatic carbocycles. The highest BCUT2D eigenvalue weighted by atomic mass is 35.5. The van der Waals surface area contributed by atoms with E-state index >= 15 is 0 Å². The molecule has 2 N–H and O–H groups in total. The van der Waals surface area contributed by atoms with Gasteiger partial charge in [-0.15, -0.1) is 12.4 Å². The first-order valence-electron chi connectivity index (χ1n) is 8.75. The van der Waals surface area contributed by atoms with Gasteiger partial charge in [0.15, 0.2) is 5.82 Å². The summed E-state index contributed by atoms with van der Waals surface area (Å²) in [6.07, 6.45) is 0. The first-order chi connectivity index (χ1) is 12.5. The van der Waals surface area contributed by atoms with Crippen LogP contribution >= 0.6 is 12.4 Å². The lowest BCUT2D eigenvalue weighted by atomic mass is 10.1. The molecule has 0 bridgehead atoms. The summed E-state index contributed by atoms with van der Waals surface area (Å²) >= 11 is 0. The van der Waals surface area contributed by atoms with E-state index in [9.17, 15) is 4.79 Å². The summed E-state index contributed by atoms with van der Waals surface area (Å²) in [4.78, 5) is 12.7. The lowest BCUT2D eigenvalue weighted by molar-refractivity contribution is 0.0950. The van der Waals surface area contributed by atoms with Crippen LogP contribution in [0.15, 0.2) is 34.9 Å². The number of aromatic nitrogens is 2. The van der Waals surface area contributed by atoms with Gasteiger partial charge in [-0.25, -0.2) is 0 Å². The Morgan fingerprint density at radius 3 is 2.70 bits per heavy atom. The van der Waals surface area contributed by atoms with E-state index in [-0.39, 0.29) is 18.3 Å². The highest BCUT2D eigenvalue weighted by molar-refractivity contribution is 5.95. The molecule has 1 aromatic carbocycles. The molecule has 2 aromatic heterocycles. The van der Waals surface area contributed by atoms with E-state index in [0.717, 1.165) is 35.8 Å². The Labute approximate surface area is 164 Å². The average Bonchev–Trinajstić information content (AvgIpc) is 3.31. The van der Waals surface area contributed by atoms with E-state index < -0.39 is 0 Å². The molecule has 0 fully saturated rings. The van der Waals surface area contributed by atoms with Crippen LogP contribution in [-0.4, -0.2) is 15.6 Å². The predicted octanol–water partition coefficient (Wildman–Crippen LogP) is 3.35. The summed E-state index contributed by atoms with van der Waals surface area (Å²) in [7, 11) is 0. The first-order valence-corrected chi connectivity index (χ1v) is 8.75. The Kier molecular flexibility index (Phi) is 5.39. The van der Waals surface area contributed by atoms with Crippen LogP contribution in [0.25, 0.3) is 5.82 Å². The number of nitrogens with one attached hydrogen (secondary N) is 2. The summed E-state index contributed by atoms with van der Waals surface area (Å²) in [5.74, 6) is 1.36. The number of carbonyl (C=O) groups excluding carboxylic acids is 1. The van der Waals surface area contributed by atoms with Crippen molar-refractivity contribution in [2.24, 2.45) is 0 Å². The van der Waals surface area contributed by atoms with Crippen molar-refractivity contribution in [2.75, 3.05) is 0 Å². The van der Waals surface area contributed by atoms with Gasteiger partial charge in [0.2, 0.25) is 0 Å². The number of rotatable bonds is 4. The monoisotopic (exact) mass is 386 g/mol. The van der Waals surface area contributed by atoms with Gasteiger partial charge in [-0.1, -0.05) is 23.4 Å². The molecule has 1 amide bonds. The summed E-state index contributed by atoms with van der Waals surface area (Å²) in [6.45, 7) is 8.07. The quantitative estimate of drug-likeness (QED) is 0.721. The van der Waals surface area contributed by atoms with Crippen LogP contribution in [-0.2, 0) is 19.6 Å². The van der Waals surface area contributed by atoms with Gasteiger partial charge in [0.05, 0.1) is 5.56 Å². The fraction of sp³-hybridized carbons (Fsp3) is 0.300. The van der Waals surface area contributed by atoms with E-state index in [1.165, 1.54) is 11.1 Å². The Hall–Kier alpha value is -2.57. The third-order valence-electron chi connectivity index (χ3n) is 4.88. The number of hydrogen-bond acceptors (Lipinski definition) is 4. The third kappa shape index (κ3) is 3.63. The van der Waals surface area contributed by atoms with E-state index in [2.05, 4.69) is 34.0 Å². The normalized spacial score (nSPS) is 12.6. The Bertz CT molecular complexity index is 990. The molecular formula is C20H23ClN4O2. The number of fused-ring (bicyclic) bond motifs is 1. The lowest BCUT2D eigenvalue weighted by Gasteiger charge is -2.08. The van der Waals surface area contributed by atoms with Crippen molar-refractivity contribution in [1.82, 2.24) is 20.4 Å². The van der Waals surface area contributed by atoms with Gasteiger partial charge < -0.3 is 15.2 Å². The topological polar surface area (TPSA) is 72.1 Å². The maximum absolute atomic E-state index is 12.7. The van der Waals surface area contributed by atoms with E-state index in [4.69, 9.17) is 4.52 Å². The smallest absolute Gasteiger partial charge is 0.253 e. The molecule has 0 spiro atoms. The minimum Gasteiger partial charge on any atom is -0.360 e. The molecule has 0 saturated heterocycles. The molecule has 0 radical (unpaired) electrons. The zero-order chi connectivity index (χ0) is 18.3. The number of aryl methyl sites for hydroxylation is 2. The highest BCUT2D eigenvalue weighted by Gasteiger charge is 2.18. The summed E-state index contributed by atoms with van der Waals surface area (Å²) in [5.41, 5.74) is 6.23. The number of halogens is 1. The second-order valence-electron chi connectivity index (χ2n) is 6.81. The number of hydrogen-bond donors (Lipinski definition) is 2. The summed E-state index contributed by atoms with van der Waals surface area (Å²) < 4.78 is 7.10. The maximum atomic E-state index is 12.7. The molecule has 0 atom stereocenters. The van der Waals surface area contributed by atoms with Gasteiger partial charge >= 0.3 is 0 Å². The zero-order valence-electron chi connectivity index (χ0n) is 15.6. The van der Waals surface area contributed by atoms with Crippen LogP contribution in [0.4, 0.5) is 0 Å². The summed E-state index contributed by atoms with van der Waals surface area (Å²) in [6, 6.07) is 10.1. The first kappa shape index (κ1) is 19.2. The lowest BCUT2D eigenvalue weighted by Crippen LogP contribution is -2.23. The molecule has 4 rings (SSSR count). The van der Waals surface area contributed by atoms with Crippen LogP contribution < -0.4 is 10.6 Å². The molecule has 0 saturated carbocycles. The van der Waals surface area contributed by atoms with E-state index in [0.29, 0.717) is 17.9 Å². The number of nitrogens with zero attached hydrogens (tertiary/aromatic N) is 2. The van der Waals surface area contributed by atoms with E-state index in [1.54, 1.807) is 0 Å². The molecule has 7 heteroatoms. The minimum absolute atomic E-state index is 0. The average molecular weight is 387 g/mol.